The van der Waals surface area contributed by atoms with Gasteiger partial charge in [0.1, 0.15) is 0 Å². The summed E-state index contributed by atoms with van der Waals surface area (Å²) in [4.78, 5) is 0. The zero-order chi connectivity index (χ0) is 5.54. The van der Waals surface area contributed by atoms with Crippen molar-refractivity contribution in [3.63, 3.8) is 0 Å². The molecule has 0 atom stereocenters. The Kier molecular flexibility index (Phi) is 6.82. The maximum absolute atomic E-state index is 5.23. The van der Waals surface area contributed by atoms with Crippen LogP contribution in [0.1, 0.15) is 12.8 Å². The number of allylic oxidation sites excluding steroid dienone is 1. The van der Waals surface area contributed by atoms with E-state index in [1.807, 2.05) is 4.08 Å². The first-order chi connectivity index (χ1) is 3.41. The molecule has 0 rings (SSSR count). The van der Waals surface area contributed by atoms with E-state index in [4.69, 9.17) is 5.73 Å². The van der Waals surface area contributed by atoms with Crippen LogP contribution in [0.3, 0.4) is 0 Å². The molecule has 0 unspecified atom stereocenters. The smallest absolute Gasteiger partial charge is 0.00743 e. The molecule has 0 heterocycles. The molecule has 0 radical (unpaired) electrons. The van der Waals surface area contributed by atoms with Crippen LogP contribution in [-0.2, 0) is 0 Å². The summed E-state index contributed by atoms with van der Waals surface area (Å²) >= 11 is 2.21. The monoisotopic (exact) mass is 211 g/mol. The van der Waals surface area contributed by atoms with E-state index in [2.05, 4.69) is 28.7 Å². The van der Waals surface area contributed by atoms with Crippen molar-refractivity contribution in [3.05, 3.63) is 10.2 Å². The van der Waals surface area contributed by atoms with Crippen LogP contribution in [0.4, 0.5) is 0 Å². The summed E-state index contributed by atoms with van der Waals surface area (Å²) in [5.74, 6) is 0. The predicted octanol–water partition coefficient (Wildman–Crippen LogP) is 1.67. The van der Waals surface area contributed by atoms with Crippen LogP contribution < -0.4 is 5.73 Å². The van der Waals surface area contributed by atoms with Crippen LogP contribution in [0.2, 0.25) is 0 Å². The van der Waals surface area contributed by atoms with E-state index in [0.29, 0.717) is 0 Å². The molecule has 7 heavy (non-hydrogen) atoms. The lowest BCUT2D eigenvalue weighted by Crippen LogP contribution is -1.96. The molecule has 2 N–H and O–H groups in total. The van der Waals surface area contributed by atoms with Gasteiger partial charge in [-0.25, -0.2) is 0 Å². The first kappa shape index (κ1) is 7.43. The molecule has 0 fully saturated rings. The summed E-state index contributed by atoms with van der Waals surface area (Å²) in [7, 11) is 0. The van der Waals surface area contributed by atoms with Crippen molar-refractivity contribution in [3.8, 4) is 0 Å². The van der Waals surface area contributed by atoms with Crippen molar-refractivity contribution in [1.82, 2.24) is 0 Å². The quantitative estimate of drug-likeness (QED) is 0.557. The highest BCUT2D eigenvalue weighted by Crippen LogP contribution is 1.90. The Balaban J connectivity index is 2.69. The molecule has 0 saturated carbocycles. The predicted molar refractivity (Wildman–Crippen MR) is 41.4 cm³/mol. The number of hydrogen-bond acceptors (Lipinski definition) is 1. The molecular formula is C5H10IN. The van der Waals surface area contributed by atoms with Crippen molar-refractivity contribution in [2.45, 2.75) is 12.8 Å². The van der Waals surface area contributed by atoms with E-state index in [9.17, 15) is 0 Å². The Morgan fingerprint density at radius 2 is 2.29 bits per heavy atom. The molecule has 0 spiro atoms. The second-order valence-electron chi connectivity index (χ2n) is 1.29. The summed E-state index contributed by atoms with van der Waals surface area (Å²) in [5, 5.41) is 0. The maximum Gasteiger partial charge on any atom is -0.00743 e. The Labute approximate surface area is 58.1 Å². The molecule has 1 nitrogen and oxygen atoms in total. The molecule has 0 saturated heterocycles. The fourth-order valence-electron chi connectivity index (χ4n) is 0.299. The summed E-state index contributed by atoms with van der Waals surface area (Å²) in [6, 6.07) is 0. The minimum atomic E-state index is 0.807. The van der Waals surface area contributed by atoms with Gasteiger partial charge in [-0.05, 0) is 23.5 Å². The summed E-state index contributed by atoms with van der Waals surface area (Å²) < 4.78 is 2.02. The minimum absolute atomic E-state index is 0.807. The second-order valence-corrected chi connectivity index (χ2v) is 2.01. The fraction of sp³-hybridized carbons (Fsp3) is 0.600. The van der Waals surface area contributed by atoms with Crippen molar-refractivity contribution >= 4 is 22.6 Å². The SMILES string of the molecule is NCCC/C=C\I. The van der Waals surface area contributed by atoms with Gasteiger partial charge in [-0.2, -0.15) is 0 Å². The van der Waals surface area contributed by atoms with Gasteiger partial charge in [-0.3, -0.25) is 0 Å². The lowest BCUT2D eigenvalue weighted by Gasteiger charge is -1.83. The van der Waals surface area contributed by atoms with Crippen LogP contribution in [0, 0.1) is 0 Å². The molecule has 0 aromatic heterocycles. The molecular weight excluding hydrogens is 201 g/mol. The van der Waals surface area contributed by atoms with Gasteiger partial charge >= 0.3 is 0 Å². The van der Waals surface area contributed by atoms with Gasteiger partial charge in [-0.1, -0.05) is 28.7 Å². The van der Waals surface area contributed by atoms with Gasteiger partial charge < -0.3 is 5.73 Å². The minimum Gasteiger partial charge on any atom is -0.330 e. The van der Waals surface area contributed by atoms with E-state index in [1.54, 1.807) is 0 Å². The van der Waals surface area contributed by atoms with E-state index >= 15 is 0 Å². The van der Waals surface area contributed by atoms with E-state index in [-0.39, 0.29) is 0 Å². The van der Waals surface area contributed by atoms with Crippen LogP contribution in [-0.4, -0.2) is 6.54 Å². The zero-order valence-corrected chi connectivity index (χ0v) is 6.39. The zero-order valence-electron chi connectivity index (χ0n) is 4.23. The highest BCUT2D eigenvalue weighted by Gasteiger charge is 1.73. The van der Waals surface area contributed by atoms with Gasteiger partial charge in [0.05, 0.1) is 0 Å². The molecule has 0 bridgehead atoms. The number of halogens is 1. The second kappa shape index (κ2) is 6.43. The third-order valence-electron chi connectivity index (χ3n) is 0.664. The van der Waals surface area contributed by atoms with Crippen molar-refractivity contribution < 1.29 is 0 Å². The van der Waals surface area contributed by atoms with Gasteiger partial charge in [0.2, 0.25) is 0 Å². The summed E-state index contributed by atoms with van der Waals surface area (Å²) in [5.41, 5.74) is 5.23. The first-order valence-electron chi connectivity index (χ1n) is 2.37. The number of hydrogen-bond donors (Lipinski definition) is 1. The standard InChI is InChI=1S/C5H10IN/c6-4-2-1-3-5-7/h2,4H,1,3,5,7H2/b4-2-. The molecule has 0 amide bonds. The largest absolute Gasteiger partial charge is 0.330 e. The molecule has 42 valence electrons. The summed E-state index contributed by atoms with van der Waals surface area (Å²) in [6.45, 7) is 0.807. The number of unbranched alkanes of at least 4 members (excludes halogenated alkanes) is 1. The normalized spacial score (nSPS) is 10.6. The first-order valence-corrected chi connectivity index (χ1v) is 3.61. The van der Waals surface area contributed by atoms with Crippen LogP contribution in [0.15, 0.2) is 10.2 Å². The van der Waals surface area contributed by atoms with Gasteiger partial charge in [0.25, 0.3) is 0 Å². The molecule has 0 aromatic rings. The van der Waals surface area contributed by atoms with Crippen LogP contribution in [0.25, 0.3) is 0 Å². The van der Waals surface area contributed by atoms with Crippen molar-refractivity contribution in [2.75, 3.05) is 6.54 Å². The van der Waals surface area contributed by atoms with Crippen LogP contribution in [0.5, 0.6) is 0 Å². The van der Waals surface area contributed by atoms with Crippen molar-refractivity contribution in [1.29, 1.82) is 0 Å². The third-order valence-corrected chi connectivity index (χ3v) is 1.17. The Morgan fingerprint density at radius 1 is 1.57 bits per heavy atom. The highest BCUT2D eigenvalue weighted by atomic mass is 127. The highest BCUT2D eigenvalue weighted by molar-refractivity contribution is 14.1. The van der Waals surface area contributed by atoms with Crippen molar-refractivity contribution in [2.24, 2.45) is 5.73 Å². The van der Waals surface area contributed by atoms with E-state index < -0.39 is 0 Å². The average molecular weight is 211 g/mol. The fourth-order valence-corrected chi connectivity index (χ4v) is 0.658. The molecule has 0 aliphatic heterocycles. The average Bonchev–Trinajstić information content (AvgIpc) is 1.69. The molecule has 0 aliphatic carbocycles. The Hall–Kier alpha value is 0.430. The topological polar surface area (TPSA) is 26.0 Å². The lowest BCUT2D eigenvalue weighted by atomic mass is 10.3. The molecule has 0 aliphatic rings. The summed E-state index contributed by atoms with van der Waals surface area (Å²) in [6.07, 6.45) is 4.35. The van der Waals surface area contributed by atoms with E-state index in [0.717, 1.165) is 19.4 Å². The van der Waals surface area contributed by atoms with E-state index in [1.165, 1.54) is 0 Å². The Morgan fingerprint density at radius 3 is 2.71 bits per heavy atom. The van der Waals surface area contributed by atoms with Gasteiger partial charge in [-0.15, -0.1) is 0 Å². The third kappa shape index (κ3) is 6.43. The number of nitrogens with two attached hydrogens (primary N) is 1. The maximum atomic E-state index is 5.23. The molecule has 0 aromatic carbocycles. The van der Waals surface area contributed by atoms with Gasteiger partial charge in [0.15, 0.2) is 0 Å². The van der Waals surface area contributed by atoms with Crippen LogP contribution >= 0.6 is 22.6 Å². The van der Waals surface area contributed by atoms with Gasteiger partial charge in [0, 0.05) is 0 Å². The lowest BCUT2D eigenvalue weighted by molar-refractivity contribution is 0.856. The molecule has 2 heteroatoms. The number of rotatable bonds is 3. The Bertz CT molecular complexity index is 52.0.